The summed E-state index contributed by atoms with van der Waals surface area (Å²) >= 11 is 5.88. The molecular weight excluding hydrogens is 240 g/mol. The lowest BCUT2D eigenvalue weighted by atomic mass is 10.2. The van der Waals surface area contributed by atoms with Crippen LogP contribution in [0.15, 0.2) is 18.2 Å². The maximum Gasteiger partial charge on any atom is 0.321 e. The first-order valence-corrected chi connectivity index (χ1v) is 5.94. The van der Waals surface area contributed by atoms with Crippen molar-refractivity contribution in [3.63, 3.8) is 0 Å². The van der Waals surface area contributed by atoms with E-state index in [1.165, 1.54) is 0 Å². The largest absolute Gasteiger partial charge is 0.391 e. The van der Waals surface area contributed by atoms with Crippen LogP contribution in [0.2, 0.25) is 5.02 Å². The number of benzene rings is 1. The molecule has 1 aromatic rings. The molecule has 0 bridgehead atoms. The Morgan fingerprint density at radius 2 is 2.35 bits per heavy atom. The fourth-order valence-electron chi connectivity index (χ4n) is 1.85. The Labute approximate surface area is 105 Å². The molecule has 0 unspecified atom stereocenters. The van der Waals surface area contributed by atoms with Gasteiger partial charge < -0.3 is 15.3 Å². The zero-order valence-electron chi connectivity index (χ0n) is 9.61. The molecule has 1 atom stereocenters. The molecule has 0 radical (unpaired) electrons. The van der Waals surface area contributed by atoms with E-state index in [0.29, 0.717) is 30.2 Å². The number of halogens is 1. The predicted molar refractivity (Wildman–Crippen MR) is 67.4 cm³/mol. The van der Waals surface area contributed by atoms with Crippen molar-refractivity contribution in [1.82, 2.24) is 4.90 Å². The van der Waals surface area contributed by atoms with Crippen molar-refractivity contribution in [2.45, 2.75) is 19.4 Å². The highest BCUT2D eigenvalue weighted by Gasteiger charge is 2.24. The van der Waals surface area contributed by atoms with Gasteiger partial charge in [0.15, 0.2) is 0 Å². The third kappa shape index (κ3) is 2.90. The zero-order valence-corrected chi connectivity index (χ0v) is 10.4. The van der Waals surface area contributed by atoms with E-state index in [2.05, 4.69) is 5.32 Å². The van der Waals surface area contributed by atoms with Crippen LogP contribution < -0.4 is 5.32 Å². The summed E-state index contributed by atoms with van der Waals surface area (Å²) in [7, 11) is 0. The minimum Gasteiger partial charge on any atom is -0.391 e. The molecule has 2 N–H and O–H groups in total. The van der Waals surface area contributed by atoms with Gasteiger partial charge in [-0.3, -0.25) is 0 Å². The van der Waals surface area contributed by atoms with Gasteiger partial charge in [0, 0.05) is 23.8 Å². The van der Waals surface area contributed by atoms with Gasteiger partial charge in [-0.1, -0.05) is 17.7 Å². The number of amides is 2. The van der Waals surface area contributed by atoms with Gasteiger partial charge in [0.05, 0.1) is 6.10 Å². The molecule has 5 heteroatoms. The molecule has 0 aliphatic carbocycles. The number of aliphatic hydroxyl groups is 1. The van der Waals surface area contributed by atoms with Crippen molar-refractivity contribution in [2.75, 3.05) is 18.4 Å². The maximum atomic E-state index is 11.9. The maximum absolute atomic E-state index is 11.9. The molecule has 1 saturated heterocycles. The number of β-amino-alcohol motifs (C(OH)–C–C–N with tert-alkyl or cyclic N) is 1. The summed E-state index contributed by atoms with van der Waals surface area (Å²) in [5, 5.41) is 12.8. The van der Waals surface area contributed by atoms with Crippen LogP contribution in [0.5, 0.6) is 0 Å². The molecule has 1 aliphatic heterocycles. The molecule has 0 aromatic heterocycles. The van der Waals surface area contributed by atoms with Crippen LogP contribution in [-0.4, -0.2) is 35.2 Å². The average Bonchev–Trinajstić information content (AvgIpc) is 2.70. The Balaban J connectivity index is 2.05. The number of nitrogens with zero attached hydrogens (tertiary/aromatic N) is 1. The number of hydrogen-bond acceptors (Lipinski definition) is 2. The van der Waals surface area contributed by atoms with Gasteiger partial charge in [-0.25, -0.2) is 4.79 Å². The highest BCUT2D eigenvalue weighted by Crippen LogP contribution is 2.21. The van der Waals surface area contributed by atoms with E-state index < -0.39 is 6.10 Å². The van der Waals surface area contributed by atoms with E-state index in [4.69, 9.17) is 11.6 Å². The number of urea groups is 1. The predicted octanol–water partition coefficient (Wildman–Crippen LogP) is 2.25. The van der Waals surface area contributed by atoms with Crippen molar-refractivity contribution in [2.24, 2.45) is 0 Å². The van der Waals surface area contributed by atoms with Gasteiger partial charge in [-0.05, 0) is 31.0 Å². The molecule has 1 aromatic carbocycles. The third-order valence-electron chi connectivity index (χ3n) is 2.89. The summed E-state index contributed by atoms with van der Waals surface area (Å²) in [6, 6.07) is 5.18. The Kier molecular flexibility index (Phi) is 3.54. The van der Waals surface area contributed by atoms with E-state index in [0.717, 1.165) is 5.56 Å². The second-order valence-corrected chi connectivity index (χ2v) is 4.71. The standard InChI is InChI=1S/C12H15ClN2O2/c1-8-2-3-9(13)6-11(8)14-12(17)15-5-4-10(16)7-15/h2-3,6,10,16H,4-5,7H2,1H3,(H,14,17)/t10-/m1/s1. The first-order chi connectivity index (χ1) is 8.06. The number of likely N-dealkylation sites (tertiary alicyclic amines) is 1. The summed E-state index contributed by atoms with van der Waals surface area (Å²) in [6.07, 6.45) is 0.239. The number of hydrogen-bond donors (Lipinski definition) is 2. The van der Waals surface area contributed by atoms with E-state index in [-0.39, 0.29) is 6.03 Å². The molecular formula is C12H15ClN2O2. The Hall–Kier alpha value is -1.26. The number of anilines is 1. The van der Waals surface area contributed by atoms with E-state index in [1.807, 2.05) is 13.0 Å². The summed E-state index contributed by atoms with van der Waals surface area (Å²) in [6.45, 7) is 2.89. The number of aryl methyl sites for hydroxylation is 1. The second kappa shape index (κ2) is 4.94. The number of carbonyl (C=O) groups excluding carboxylic acids is 1. The summed E-state index contributed by atoms with van der Waals surface area (Å²) < 4.78 is 0. The molecule has 1 heterocycles. The summed E-state index contributed by atoms with van der Waals surface area (Å²) in [4.78, 5) is 13.5. The number of carbonyl (C=O) groups is 1. The smallest absolute Gasteiger partial charge is 0.321 e. The van der Waals surface area contributed by atoms with Crippen LogP contribution in [-0.2, 0) is 0 Å². The molecule has 0 spiro atoms. The van der Waals surface area contributed by atoms with E-state index in [9.17, 15) is 9.90 Å². The molecule has 1 fully saturated rings. The fraction of sp³-hybridized carbons (Fsp3) is 0.417. The zero-order chi connectivity index (χ0) is 12.4. The molecule has 1 aliphatic rings. The van der Waals surface area contributed by atoms with Crippen LogP contribution in [0.1, 0.15) is 12.0 Å². The molecule has 4 nitrogen and oxygen atoms in total. The quantitative estimate of drug-likeness (QED) is 0.808. The second-order valence-electron chi connectivity index (χ2n) is 4.28. The van der Waals surface area contributed by atoms with Crippen molar-refractivity contribution in [3.05, 3.63) is 28.8 Å². The minimum absolute atomic E-state index is 0.188. The molecule has 2 amide bonds. The Morgan fingerprint density at radius 3 is 3.00 bits per heavy atom. The normalized spacial score (nSPS) is 19.5. The molecule has 17 heavy (non-hydrogen) atoms. The van der Waals surface area contributed by atoms with Gasteiger partial charge in [0.1, 0.15) is 0 Å². The number of rotatable bonds is 1. The highest BCUT2D eigenvalue weighted by molar-refractivity contribution is 6.31. The fourth-order valence-corrected chi connectivity index (χ4v) is 2.02. The van der Waals surface area contributed by atoms with Crippen molar-refractivity contribution in [1.29, 1.82) is 0 Å². The molecule has 0 saturated carbocycles. The van der Waals surface area contributed by atoms with E-state index in [1.54, 1.807) is 17.0 Å². The van der Waals surface area contributed by atoms with Crippen molar-refractivity contribution >= 4 is 23.3 Å². The highest BCUT2D eigenvalue weighted by atomic mass is 35.5. The summed E-state index contributed by atoms with van der Waals surface area (Å²) in [5.74, 6) is 0. The van der Waals surface area contributed by atoms with Crippen molar-refractivity contribution < 1.29 is 9.90 Å². The first kappa shape index (κ1) is 12.2. The van der Waals surface area contributed by atoms with Crippen LogP contribution in [0.4, 0.5) is 10.5 Å². The van der Waals surface area contributed by atoms with Gasteiger partial charge in [-0.15, -0.1) is 0 Å². The average molecular weight is 255 g/mol. The van der Waals surface area contributed by atoms with Crippen LogP contribution in [0, 0.1) is 6.92 Å². The molecule has 2 rings (SSSR count). The monoisotopic (exact) mass is 254 g/mol. The van der Waals surface area contributed by atoms with Gasteiger partial charge in [0.25, 0.3) is 0 Å². The lowest BCUT2D eigenvalue weighted by molar-refractivity contribution is 0.176. The number of nitrogens with one attached hydrogen (secondary N) is 1. The molecule has 92 valence electrons. The van der Waals surface area contributed by atoms with Crippen LogP contribution in [0.3, 0.4) is 0 Å². The van der Waals surface area contributed by atoms with E-state index >= 15 is 0 Å². The minimum atomic E-state index is -0.402. The van der Waals surface area contributed by atoms with Crippen LogP contribution >= 0.6 is 11.6 Å². The SMILES string of the molecule is Cc1ccc(Cl)cc1NC(=O)N1CC[C@@H](O)C1. The van der Waals surface area contributed by atoms with Gasteiger partial charge in [0.2, 0.25) is 0 Å². The number of aliphatic hydroxyl groups excluding tert-OH is 1. The van der Waals surface area contributed by atoms with Crippen molar-refractivity contribution in [3.8, 4) is 0 Å². The lowest BCUT2D eigenvalue weighted by Crippen LogP contribution is -2.33. The van der Waals surface area contributed by atoms with Crippen LogP contribution in [0.25, 0.3) is 0 Å². The summed E-state index contributed by atoms with van der Waals surface area (Å²) in [5.41, 5.74) is 1.67. The topological polar surface area (TPSA) is 52.6 Å². The first-order valence-electron chi connectivity index (χ1n) is 5.56. The van der Waals surface area contributed by atoms with Gasteiger partial charge >= 0.3 is 6.03 Å². The Morgan fingerprint density at radius 1 is 1.59 bits per heavy atom. The Bertz CT molecular complexity index is 437. The van der Waals surface area contributed by atoms with Gasteiger partial charge in [-0.2, -0.15) is 0 Å². The lowest BCUT2D eigenvalue weighted by Gasteiger charge is -2.17. The third-order valence-corrected chi connectivity index (χ3v) is 3.13.